The SMILES string of the molecule is Cc1cnn(-c2c(F)cc(N)cc2F)c1. The number of aromatic nitrogens is 2. The van der Waals surface area contributed by atoms with Gasteiger partial charge in [-0.3, -0.25) is 0 Å². The summed E-state index contributed by atoms with van der Waals surface area (Å²) in [5.41, 5.74) is 5.97. The van der Waals surface area contributed by atoms with Crippen LogP contribution in [0.4, 0.5) is 14.5 Å². The molecule has 5 heteroatoms. The molecule has 1 aromatic heterocycles. The number of nitrogens with two attached hydrogens (primary N) is 1. The third kappa shape index (κ3) is 1.68. The van der Waals surface area contributed by atoms with Crippen molar-refractivity contribution in [2.45, 2.75) is 6.92 Å². The van der Waals surface area contributed by atoms with Crippen molar-refractivity contribution in [2.75, 3.05) is 5.73 Å². The molecule has 15 heavy (non-hydrogen) atoms. The van der Waals surface area contributed by atoms with E-state index in [4.69, 9.17) is 5.73 Å². The van der Waals surface area contributed by atoms with Crippen molar-refractivity contribution in [1.82, 2.24) is 9.78 Å². The van der Waals surface area contributed by atoms with Crippen LogP contribution in [-0.4, -0.2) is 9.78 Å². The van der Waals surface area contributed by atoms with Crippen molar-refractivity contribution in [3.05, 3.63) is 41.7 Å². The van der Waals surface area contributed by atoms with E-state index in [1.165, 1.54) is 12.4 Å². The van der Waals surface area contributed by atoms with E-state index in [1.54, 1.807) is 6.92 Å². The molecule has 2 N–H and O–H groups in total. The molecule has 0 amide bonds. The molecule has 78 valence electrons. The number of rotatable bonds is 1. The molecule has 1 heterocycles. The fourth-order valence-corrected chi connectivity index (χ4v) is 1.34. The molecule has 0 aliphatic rings. The predicted molar refractivity (Wildman–Crippen MR) is 52.6 cm³/mol. The van der Waals surface area contributed by atoms with Gasteiger partial charge in [-0.15, -0.1) is 0 Å². The molecule has 0 fully saturated rings. The molecule has 0 bridgehead atoms. The number of benzene rings is 1. The monoisotopic (exact) mass is 209 g/mol. The first-order valence-electron chi connectivity index (χ1n) is 4.34. The van der Waals surface area contributed by atoms with E-state index < -0.39 is 11.6 Å². The van der Waals surface area contributed by atoms with E-state index in [0.29, 0.717) is 0 Å². The number of anilines is 1. The third-order valence-electron chi connectivity index (χ3n) is 1.98. The van der Waals surface area contributed by atoms with Crippen LogP contribution in [0.5, 0.6) is 0 Å². The van der Waals surface area contributed by atoms with Crippen LogP contribution in [-0.2, 0) is 0 Å². The lowest BCUT2D eigenvalue weighted by atomic mass is 10.2. The van der Waals surface area contributed by atoms with Crippen LogP contribution < -0.4 is 5.73 Å². The highest BCUT2D eigenvalue weighted by Gasteiger charge is 2.12. The van der Waals surface area contributed by atoms with Gasteiger partial charge in [0.1, 0.15) is 5.69 Å². The Kier molecular flexibility index (Phi) is 2.15. The van der Waals surface area contributed by atoms with Crippen LogP contribution in [0.2, 0.25) is 0 Å². The van der Waals surface area contributed by atoms with Crippen molar-refractivity contribution >= 4 is 5.69 Å². The molecule has 2 aromatic rings. The molecular formula is C10H9F2N3. The van der Waals surface area contributed by atoms with Gasteiger partial charge in [-0.05, 0) is 24.6 Å². The average molecular weight is 209 g/mol. The van der Waals surface area contributed by atoms with Crippen LogP contribution in [0.15, 0.2) is 24.5 Å². The molecule has 0 saturated carbocycles. The van der Waals surface area contributed by atoms with Crippen LogP contribution in [0, 0.1) is 18.6 Å². The second kappa shape index (κ2) is 3.34. The number of nitrogen functional groups attached to an aromatic ring is 1. The summed E-state index contributed by atoms with van der Waals surface area (Å²) < 4.78 is 28.0. The second-order valence-electron chi connectivity index (χ2n) is 3.30. The fourth-order valence-electron chi connectivity index (χ4n) is 1.34. The molecule has 2 rings (SSSR count). The first-order chi connectivity index (χ1) is 7.08. The lowest BCUT2D eigenvalue weighted by molar-refractivity contribution is 0.561. The predicted octanol–water partition coefficient (Wildman–Crippen LogP) is 2.04. The number of halogens is 2. The third-order valence-corrected chi connectivity index (χ3v) is 1.98. The number of hydrogen-bond donors (Lipinski definition) is 1. The quantitative estimate of drug-likeness (QED) is 0.730. The minimum Gasteiger partial charge on any atom is -0.399 e. The molecule has 0 radical (unpaired) electrons. The highest BCUT2D eigenvalue weighted by Crippen LogP contribution is 2.20. The number of hydrogen-bond acceptors (Lipinski definition) is 2. The van der Waals surface area contributed by atoms with E-state index in [1.807, 2.05) is 0 Å². The molecular weight excluding hydrogens is 200 g/mol. The molecule has 0 unspecified atom stereocenters. The van der Waals surface area contributed by atoms with Crippen molar-refractivity contribution in [2.24, 2.45) is 0 Å². The molecule has 0 spiro atoms. The summed E-state index contributed by atoms with van der Waals surface area (Å²) >= 11 is 0. The molecule has 0 atom stereocenters. The van der Waals surface area contributed by atoms with Gasteiger partial charge < -0.3 is 5.73 Å². The van der Waals surface area contributed by atoms with E-state index >= 15 is 0 Å². The zero-order valence-corrected chi connectivity index (χ0v) is 8.04. The van der Waals surface area contributed by atoms with E-state index in [2.05, 4.69) is 5.10 Å². The summed E-state index contributed by atoms with van der Waals surface area (Å²) in [5, 5.41) is 3.83. The Labute approximate surface area is 85.1 Å². The van der Waals surface area contributed by atoms with Crippen molar-refractivity contribution in [1.29, 1.82) is 0 Å². The van der Waals surface area contributed by atoms with Gasteiger partial charge in [0, 0.05) is 11.9 Å². The first kappa shape index (κ1) is 9.64. The maximum atomic E-state index is 13.4. The molecule has 0 aliphatic heterocycles. The van der Waals surface area contributed by atoms with Gasteiger partial charge in [0.05, 0.1) is 6.20 Å². The van der Waals surface area contributed by atoms with Gasteiger partial charge in [0.15, 0.2) is 11.6 Å². The van der Waals surface area contributed by atoms with E-state index in [9.17, 15) is 8.78 Å². The Morgan fingerprint density at radius 2 is 1.87 bits per heavy atom. The van der Waals surface area contributed by atoms with Gasteiger partial charge in [-0.25, -0.2) is 13.5 Å². The number of aryl methyl sites for hydroxylation is 1. The summed E-state index contributed by atoms with van der Waals surface area (Å²) in [4.78, 5) is 0. The minimum absolute atomic E-state index is 0.0534. The Morgan fingerprint density at radius 3 is 2.33 bits per heavy atom. The summed E-state index contributed by atoms with van der Waals surface area (Å²) in [5.74, 6) is -1.45. The summed E-state index contributed by atoms with van der Waals surface area (Å²) in [6.07, 6.45) is 3.06. The summed E-state index contributed by atoms with van der Waals surface area (Å²) in [6.45, 7) is 1.79. The molecule has 0 saturated heterocycles. The minimum atomic E-state index is -0.726. The lowest BCUT2D eigenvalue weighted by Gasteiger charge is -2.05. The lowest BCUT2D eigenvalue weighted by Crippen LogP contribution is -2.03. The Morgan fingerprint density at radius 1 is 1.27 bits per heavy atom. The summed E-state index contributed by atoms with van der Waals surface area (Å²) in [6, 6.07) is 2.13. The van der Waals surface area contributed by atoms with Gasteiger partial charge in [0.25, 0.3) is 0 Å². The Balaban J connectivity index is 2.62. The van der Waals surface area contributed by atoms with E-state index in [-0.39, 0.29) is 11.4 Å². The van der Waals surface area contributed by atoms with E-state index in [0.717, 1.165) is 22.4 Å². The maximum absolute atomic E-state index is 13.4. The standard InChI is InChI=1S/C10H9F2N3/c1-6-4-14-15(5-6)10-8(11)2-7(13)3-9(10)12/h2-5H,13H2,1H3. The van der Waals surface area contributed by atoms with Crippen LogP contribution in [0.3, 0.4) is 0 Å². The van der Waals surface area contributed by atoms with Gasteiger partial charge in [-0.2, -0.15) is 5.10 Å². The average Bonchev–Trinajstić information content (AvgIpc) is 2.49. The van der Waals surface area contributed by atoms with Crippen LogP contribution in [0.25, 0.3) is 5.69 Å². The smallest absolute Gasteiger partial charge is 0.153 e. The normalized spacial score (nSPS) is 10.6. The van der Waals surface area contributed by atoms with Crippen molar-refractivity contribution in [3.8, 4) is 5.69 Å². The first-order valence-corrected chi connectivity index (χ1v) is 4.34. The van der Waals surface area contributed by atoms with Crippen LogP contribution in [0.1, 0.15) is 5.56 Å². The molecule has 3 nitrogen and oxygen atoms in total. The van der Waals surface area contributed by atoms with Crippen molar-refractivity contribution in [3.63, 3.8) is 0 Å². The van der Waals surface area contributed by atoms with Crippen molar-refractivity contribution < 1.29 is 8.78 Å². The van der Waals surface area contributed by atoms with Gasteiger partial charge in [-0.1, -0.05) is 0 Å². The Hall–Kier alpha value is -1.91. The zero-order chi connectivity index (χ0) is 11.0. The Bertz CT molecular complexity index is 482. The summed E-state index contributed by atoms with van der Waals surface area (Å²) in [7, 11) is 0. The second-order valence-corrected chi connectivity index (χ2v) is 3.30. The van der Waals surface area contributed by atoms with Gasteiger partial charge >= 0.3 is 0 Å². The highest BCUT2D eigenvalue weighted by atomic mass is 19.1. The fraction of sp³-hybridized carbons (Fsp3) is 0.100. The highest BCUT2D eigenvalue weighted by molar-refractivity contribution is 5.47. The largest absolute Gasteiger partial charge is 0.399 e. The topological polar surface area (TPSA) is 43.8 Å². The van der Waals surface area contributed by atoms with Crippen LogP contribution >= 0.6 is 0 Å². The zero-order valence-electron chi connectivity index (χ0n) is 8.04. The molecule has 1 aromatic carbocycles. The maximum Gasteiger partial charge on any atom is 0.153 e. The number of nitrogens with zero attached hydrogens (tertiary/aromatic N) is 2. The molecule has 0 aliphatic carbocycles. The van der Waals surface area contributed by atoms with Gasteiger partial charge in [0.2, 0.25) is 0 Å².